The monoisotopic (exact) mass is 448 g/mol. The summed E-state index contributed by atoms with van der Waals surface area (Å²) in [7, 11) is 1.89. The van der Waals surface area contributed by atoms with Gasteiger partial charge in [0.15, 0.2) is 11.5 Å². The lowest BCUT2D eigenvalue weighted by Gasteiger charge is -2.32. The van der Waals surface area contributed by atoms with Crippen molar-refractivity contribution in [3.8, 4) is 22.8 Å². The minimum Gasteiger partial charge on any atom is -0.435 e. The van der Waals surface area contributed by atoms with Gasteiger partial charge >= 0.3 is 0 Å². The second-order valence-corrected chi connectivity index (χ2v) is 8.50. The number of rotatable bonds is 4. The number of nitrogens with zero attached hydrogens (tertiary/aromatic N) is 5. The lowest BCUT2D eigenvalue weighted by molar-refractivity contribution is 0.0996. The number of hydrogen-bond acceptors (Lipinski definition) is 6. The summed E-state index contributed by atoms with van der Waals surface area (Å²) in [5.74, 6) is -0.0857. The van der Waals surface area contributed by atoms with E-state index in [2.05, 4.69) is 20.0 Å². The van der Waals surface area contributed by atoms with Crippen LogP contribution in [0.15, 0.2) is 34.9 Å². The van der Waals surface area contributed by atoms with Gasteiger partial charge in [-0.25, -0.2) is 9.37 Å². The molecule has 4 aromatic rings. The fourth-order valence-corrected chi connectivity index (χ4v) is 4.47. The molecule has 3 aromatic heterocycles. The third-order valence-electron chi connectivity index (χ3n) is 6.17. The molecule has 9 heteroatoms. The number of carbonyl (C=O) groups excluding carboxylic acids is 1. The van der Waals surface area contributed by atoms with E-state index in [1.165, 1.54) is 0 Å². The molecule has 0 radical (unpaired) electrons. The highest BCUT2D eigenvalue weighted by molar-refractivity contribution is 6.01. The van der Waals surface area contributed by atoms with Crippen molar-refractivity contribution in [2.45, 2.75) is 32.9 Å². The maximum atomic E-state index is 13.9. The summed E-state index contributed by atoms with van der Waals surface area (Å²) in [6.45, 7) is 4.93. The minimum atomic E-state index is -0.805. The van der Waals surface area contributed by atoms with Crippen LogP contribution in [0.5, 0.6) is 0 Å². The molecule has 0 spiro atoms. The number of oxazole rings is 1. The number of benzene rings is 1. The first-order valence-corrected chi connectivity index (χ1v) is 10.9. The first-order valence-electron chi connectivity index (χ1n) is 10.9. The standard InChI is InChI=1S/C24H25FN6O2/c1-13-10-15(4-7-27-13)24-28-21(23(26)32)22(33-24)18-11-17-14(2)29-30(3)19(17)12-20(18)31-8-5-16(25)6-9-31/h4,7,10-12,16H,5-6,8-9H2,1-3H3,(H2,26,32). The number of aryl methyl sites for hydroxylation is 3. The van der Waals surface area contributed by atoms with Crippen molar-refractivity contribution in [2.75, 3.05) is 18.0 Å². The van der Waals surface area contributed by atoms with Gasteiger partial charge in [-0.15, -0.1) is 0 Å². The number of fused-ring (bicyclic) bond motifs is 1. The van der Waals surface area contributed by atoms with E-state index in [-0.39, 0.29) is 5.69 Å². The summed E-state index contributed by atoms with van der Waals surface area (Å²) in [6.07, 6.45) is 1.75. The molecule has 5 rings (SSSR count). The molecule has 33 heavy (non-hydrogen) atoms. The van der Waals surface area contributed by atoms with Gasteiger partial charge in [0.2, 0.25) is 5.89 Å². The van der Waals surface area contributed by atoms with Gasteiger partial charge in [-0.3, -0.25) is 14.5 Å². The zero-order valence-electron chi connectivity index (χ0n) is 18.8. The highest BCUT2D eigenvalue weighted by atomic mass is 19.1. The molecule has 1 saturated heterocycles. The van der Waals surface area contributed by atoms with Crippen LogP contribution < -0.4 is 10.6 Å². The first kappa shape index (κ1) is 21.1. The SMILES string of the molecule is Cc1cc(-c2nc(C(N)=O)c(-c3cc4c(C)nn(C)c4cc3N3CCC(F)CC3)o2)ccn1. The third-order valence-corrected chi connectivity index (χ3v) is 6.17. The van der Waals surface area contributed by atoms with E-state index in [0.29, 0.717) is 48.7 Å². The lowest BCUT2D eigenvalue weighted by Crippen LogP contribution is -2.34. The van der Waals surface area contributed by atoms with E-state index in [9.17, 15) is 9.18 Å². The number of halogens is 1. The molecule has 1 aliphatic rings. The molecular formula is C24H25FN6O2. The number of piperidine rings is 1. The molecule has 0 unspecified atom stereocenters. The van der Waals surface area contributed by atoms with Gasteiger partial charge in [-0.05, 0) is 51.0 Å². The molecule has 0 saturated carbocycles. The maximum Gasteiger partial charge on any atom is 0.271 e. The van der Waals surface area contributed by atoms with Gasteiger partial charge in [0.1, 0.15) is 6.17 Å². The van der Waals surface area contributed by atoms with Crippen LogP contribution in [-0.4, -0.2) is 44.9 Å². The van der Waals surface area contributed by atoms with E-state index in [1.54, 1.807) is 12.3 Å². The summed E-state index contributed by atoms with van der Waals surface area (Å²) in [5.41, 5.74) is 10.6. The van der Waals surface area contributed by atoms with Gasteiger partial charge in [0.05, 0.1) is 16.9 Å². The Hall–Kier alpha value is -3.75. The van der Waals surface area contributed by atoms with Crippen molar-refractivity contribution in [1.82, 2.24) is 19.7 Å². The Morgan fingerprint density at radius 2 is 1.97 bits per heavy atom. The molecule has 0 atom stereocenters. The molecule has 0 aliphatic carbocycles. The molecule has 1 aliphatic heterocycles. The van der Waals surface area contributed by atoms with Gasteiger partial charge in [-0.1, -0.05) is 0 Å². The Kier molecular flexibility index (Phi) is 5.11. The fourth-order valence-electron chi connectivity index (χ4n) is 4.47. The van der Waals surface area contributed by atoms with Crippen molar-refractivity contribution in [2.24, 2.45) is 12.8 Å². The average Bonchev–Trinajstić information content (AvgIpc) is 3.35. The number of primary amides is 1. The highest BCUT2D eigenvalue weighted by Gasteiger charge is 2.28. The van der Waals surface area contributed by atoms with Crippen LogP contribution in [-0.2, 0) is 7.05 Å². The van der Waals surface area contributed by atoms with Gasteiger partial charge < -0.3 is 15.1 Å². The van der Waals surface area contributed by atoms with E-state index < -0.39 is 12.1 Å². The van der Waals surface area contributed by atoms with Crippen LogP contribution in [0.3, 0.4) is 0 Å². The summed E-state index contributed by atoms with van der Waals surface area (Å²) < 4.78 is 21.9. The third kappa shape index (κ3) is 3.73. The second-order valence-electron chi connectivity index (χ2n) is 8.50. The van der Waals surface area contributed by atoms with Crippen molar-refractivity contribution in [1.29, 1.82) is 0 Å². The number of aromatic nitrogens is 4. The normalized spacial score (nSPS) is 14.8. The summed E-state index contributed by atoms with van der Waals surface area (Å²) >= 11 is 0. The fraction of sp³-hybridized carbons (Fsp3) is 0.333. The molecule has 8 nitrogen and oxygen atoms in total. The van der Waals surface area contributed by atoms with E-state index in [4.69, 9.17) is 10.2 Å². The molecule has 2 N–H and O–H groups in total. The number of anilines is 1. The van der Waals surface area contributed by atoms with E-state index in [0.717, 1.165) is 28.0 Å². The van der Waals surface area contributed by atoms with Crippen molar-refractivity contribution >= 4 is 22.5 Å². The highest BCUT2D eigenvalue weighted by Crippen LogP contribution is 2.40. The van der Waals surface area contributed by atoms with Crippen LogP contribution in [0.1, 0.15) is 34.7 Å². The molecule has 1 amide bonds. The van der Waals surface area contributed by atoms with Crippen LogP contribution in [0.25, 0.3) is 33.7 Å². The zero-order valence-corrected chi connectivity index (χ0v) is 18.8. The largest absolute Gasteiger partial charge is 0.435 e. The number of amides is 1. The number of pyridine rings is 1. The maximum absolute atomic E-state index is 13.9. The van der Waals surface area contributed by atoms with Crippen LogP contribution in [0.2, 0.25) is 0 Å². The average molecular weight is 449 g/mol. The molecule has 170 valence electrons. The Labute approximate surface area is 190 Å². The minimum absolute atomic E-state index is 0.0574. The van der Waals surface area contributed by atoms with E-state index >= 15 is 0 Å². The predicted molar refractivity (Wildman–Crippen MR) is 124 cm³/mol. The quantitative estimate of drug-likeness (QED) is 0.507. The Balaban J connectivity index is 1.74. The summed E-state index contributed by atoms with van der Waals surface area (Å²) in [4.78, 5) is 23.1. The Bertz CT molecular complexity index is 1370. The Morgan fingerprint density at radius 1 is 1.21 bits per heavy atom. The number of alkyl halides is 1. The first-order chi connectivity index (χ1) is 15.8. The van der Waals surface area contributed by atoms with Gasteiger partial charge in [0, 0.05) is 48.5 Å². The Morgan fingerprint density at radius 3 is 2.67 bits per heavy atom. The number of carbonyl (C=O) groups is 1. The second kappa shape index (κ2) is 7.99. The lowest BCUT2D eigenvalue weighted by atomic mass is 10.0. The van der Waals surface area contributed by atoms with Crippen molar-refractivity contribution in [3.05, 3.63) is 47.5 Å². The molecule has 1 fully saturated rings. The molecule has 1 aromatic carbocycles. The predicted octanol–water partition coefficient (Wildman–Crippen LogP) is 3.94. The van der Waals surface area contributed by atoms with Gasteiger partial charge in [0.25, 0.3) is 5.91 Å². The topological polar surface area (TPSA) is 103 Å². The number of hydrogen-bond donors (Lipinski definition) is 1. The smallest absolute Gasteiger partial charge is 0.271 e. The van der Waals surface area contributed by atoms with Crippen molar-refractivity contribution in [3.63, 3.8) is 0 Å². The molecule has 4 heterocycles. The molecule has 0 bridgehead atoms. The summed E-state index contributed by atoms with van der Waals surface area (Å²) in [6, 6.07) is 7.59. The van der Waals surface area contributed by atoms with Crippen LogP contribution >= 0.6 is 0 Å². The number of nitrogens with two attached hydrogens (primary N) is 1. The van der Waals surface area contributed by atoms with Crippen LogP contribution in [0.4, 0.5) is 10.1 Å². The van der Waals surface area contributed by atoms with E-state index in [1.807, 2.05) is 43.8 Å². The van der Waals surface area contributed by atoms with Crippen molar-refractivity contribution < 1.29 is 13.6 Å². The van der Waals surface area contributed by atoms with Crippen LogP contribution in [0, 0.1) is 13.8 Å². The van der Waals surface area contributed by atoms with Gasteiger partial charge in [-0.2, -0.15) is 5.10 Å². The molecular weight excluding hydrogens is 423 g/mol. The zero-order chi connectivity index (χ0) is 23.3. The summed E-state index contributed by atoms with van der Waals surface area (Å²) in [5, 5.41) is 5.47.